The van der Waals surface area contributed by atoms with Crippen molar-refractivity contribution in [2.75, 3.05) is 5.32 Å². The fourth-order valence-electron chi connectivity index (χ4n) is 3.12. The maximum Gasteiger partial charge on any atom is 0.237 e. The zero-order chi connectivity index (χ0) is 20.2. The van der Waals surface area contributed by atoms with E-state index in [1.165, 1.54) is 18.3 Å². The second-order valence-corrected chi connectivity index (χ2v) is 6.98. The van der Waals surface area contributed by atoms with E-state index >= 15 is 0 Å². The van der Waals surface area contributed by atoms with E-state index in [1.54, 1.807) is 36.7 Å². The number of nitrogens with one attached hydrogen (secondary N) is 1. The molecule has 1 heterocycles. The molecule has 0 atom stereocenters. The van der Waals surface area contributed by atoms with E-state index in [-0.39, 0.29) is 23.7 Å². The third kappa shape index (κ3) is 4.68. The second-order valence-electron chi connectivity index (χ2n) is 6.98. The first-order chi connectivity index (χ1) is 14.1. The van der Waals surface area contributed by atoms with Crippen LogP contribution in [-0.2, 0) is 4.79 Å². The molecule has 0 spiro atoms. The predicted octanol–water partition coefficient (Wildman–Crippen LogP) is 4.51. The number of benzene rings is 2. The predicted molar refractivity (Wildman–Crippen MR) is 105 cm³/mol. The van der Waals surface area contributed by atoms with Crippen molar-refractivity contribution in [2.45, 2.75) is 25.9 Å². The Hall–Kier alpha value is -3.48. The van der Waals surface area contributed by atoms with Gasteiger partial charge < -0.3 is 14.8 Å². The third-order valence-electron chi connectivity index (χ3n) is 4.78. The summed E-state index contributed by atoms with van der Waals surface area (Å²) < 4.78 is 24.4. The van der Waals surface area contributed by atoms with Crippen molar-refractivity contribution in [3.8, 4) is 17.4 Å². The maximum atomic E-state index is 12.9. The number of ether oxygens (including phenoxy) is 2. The molecule has 2 aromatic carbocycles. The normalized spacial score (nSPS) is 17.9. The first kappa shape index (κ1) is 18.9. The first-order valence-corrected chi connectivity index (χ1v) is 9.34. The van der Waals surface area contributed by atoms with E-state index in [9.17, 15) is 9.18 Å². The van der Waals surface area contributed by atoms with Crippen LogP contribution in [0.3, 0.4) is 0 Å². The summed E-state index contributed by atoms with van der Waals surface area (Å²) >= 11 is 0. The van der Waals surface area contributed by atoms with Gasteiger partial charge in [-0.2, -0.15) is 0 Å². The van der Waals surface area contributed by atoms with Gasteiger partial charge in [-0.25, -0.2) is 9.37 Å². The Bertz CT molecular complexity index is 990. The lowest BCUT2D eigenvalue weighted by molar-refractivity contribution is -0.125. The summed E-state index contributed by atoms with van der Waals surface area (Å²) in [7, 11) is 0. The molecule has 1 aromatic heterocycles. The standard InChI is InChI=1S/C22H20FN3O3/c1-14-10-17(4-7-20(14)29-21-13-24-8-9-25-21)26-22(27)15-11-19(12-15)28-18-5-2-16(23)3-6-18/h2-10,13,15,19H,11-12H2,1H3,(H,26,27). The molecule has 1 aliphatic rings. The number of carbonyl (C=O) groups is 1. The van der Waals surface area contributed by atoms with Crippen LogP contribution in [0.5, 0.6) is 17.4 Å². The van der Waals surface area contributed by atoms with Crippen LogP contribution in [0.4, 0.5) is 10.1 Å². The van der Waals surface area contributed by atoms with Gasteiger partial charge in [0.15, 0.2) is 0 Å². The third-order valence-corrected chi connectivity index (χ3v) is 4.78. The van der Waals surface area contributed by atoms with E-state index < -0.39 is 0 Å². The highest BCUT2D eigenvalue weighted by Crippen LogP contribution is 2.33. The van der Waals surface area contributed by atoms with Gasteiger partial charge in [0.05, 0.1) is 6.20 Å². The fraction of sp³-hybridized carbons (Fsp3) is 0.227. The summed E-state index contributed by atoms with van der Waals surface area (Å²) in [6, 6.07) is 11.3. The number of hydrogen-bond acceptors (Lipinski definition) is 5. The van der Waals surface area contributed by atoms with E-state index in [0.29, 0.717) is 35.9 Å². The minimum Gasteiger partial charge on any atom is -0.490 e. The average Bonchev–Trinajstić information content (AvgIpc) is 2.68. The Morgan fingerprint density at radius 2 is 1.93 bits per heavy atom. The molecule has 1 aliphatic carbocycles. The van der Waals surface area contributed by atoms with Crippen LogP contribution in [0, 0.1) is 18.7 Å². The fourth-order valence-corrected chi connectivity index (χ4v) is 3.12. The van der Waals surface area contributed by atoms with Crippen molar-refractivity contribution in [1.82, 2.24) is 9.97 Å². The molecular weight excluding hydrogens is 373 g/mol. The Morgan fingerprint density at radius 1 is 1.14 bits per heavy atom. The SMILES string of the molecule is Cc1cc(NC(=O)C2CC(Oc3ccc(F)cc3)C2)ccc1Oc1cnccn1. The number of nitrogens with zero attached hydrogens (tertiary/aromatic N) is 2. The lowest BCUT2D eigenvalue weighted by Crippen LogP contribution is -2.40. The smallest absolute Gasteiger partial charge is 0.237 e. The minimum absolute atomic E-state index is 0.0271. The number of aryl methyl sites for hydroxylation is 1. The van der Waals surface area contributed by atoms with Crippen LogP contribution < -0.4 is 14.8 Å². The van der Waals surface area contributed by atoms with Gasteiger partial charge in [-0.1, -0.05) is 0 Å². The molecule has 1 saturated carbocycles. The summed E-state index contributed by atoms with van der Waals surface area (Å²) in [6.07, 6.45) is 5.92. The molecule has 1 N–H and O–H groups in total. The van der Waals surface area contributed by atoms with Crippen molar-refractivity contribution in [3.63, 3.8) is 0 Å². The number of aromatic nitrogens is 2. The molecule has 0 unspecified atom stereocenters. The van der Waals surface area contributed by atoms with Crippen LogP contribution in [-0.4, -0.2) is 22.0 Å². The molecule has 6 nitrogen and oxygen atoms in total. The van der Waals surface area contributed by atoms with E-state index in [1.807, 2.05) is 13.0 Å². The zero-order valence-electron chi connectivity index (χ0n) is 15.8. The second kappa shape index (κ2) is 8.26. The van der Waals surface area contributed by atoms with E-state index in [4.69, 9.17) is 9.47 Å². The summed E-state index contributed by atoms with van der Waals surface area (Å²) in [5, 5.41) is 2.94. The van der Waals surface area contributed by atoms with Gasteiger partial charge in [-0.05, 0) is 67.8 Å². The van der Waals surface area contributed by atoms with Crippen LogP contribution in [0.25, 0.3) is 0 Å². The van der Waals surface area contributed by atoms with Crippen LogP contribution in [0.2, 0.25) is 0 Å². The number of amides is 1. The van der Waals surface area contributed by atoms with Gasteiger partial charge in [0.2, 0.25) is 11.8 Å². The Labute approximate surface area is 167 Å². The van der Waals surface area contributed by atoms with Crippen LogP contribution in [0.15, 0.2) is 61.1 Å². The quantitative estimate of drug-likeness (QED) is 0.667. The molecule has 1 fully saturated rings. The van der Waals surface area contributed by atoms with Crippen molar-refractivity contribution in [3.05, 3.63) is 72.4 Å². The topological polar surface area (TPSA) is 73.3 Å². The highest BCUT2D eigenvalue weighted by molar-refractivity contribution is 5.93. The van der Waals surface area contributed by atoms with Crippen molar-refractivity contribution >= 4 is 11.6 Å². The Kier molecular flexibility index (Phi) is 5.37. The summed E-state index contributed by atoms with van der Waals surface area (Å²) in [4.78, 5) is 20.5. The molecule has 148 valence electrons. The zero-order valence-corrected chi connectivity index (χ0v) is 15.8. The largest absolute Gasteiger partial charge is 0.490 e. The molecule has 1 amide bonds. The van der Waals surface area contributed by atoms with Gasteiger partial charge in [0, 0.05) is 24.0 Å². The van der Waals surface area contributed by atoms with Crippen molar-refractivity contribution < 1.29 is 18.7 Å². The van der Waals surface area contributed by atoms with Crippen LogP contribution >= 0.6 is 0 Å². The molecular formula is C22H20FN3O3. The van der Waals surface area contributed by atoms with Gasteiger partial charge in [-0.15, -0.1) is 0 Å². The van der Waals surface area contributed by atoms with Gasteiger partial charge in [0.1, 0.15) is 23.4 Å². The number of carbonyl (C=O) groups excluding carboxylic acids is 1. The molecule has 0 radical (unpaired) electrons. The van der Waals surface area contributed by atoms with Gasteiger partial charge >= 0.3 is 0 Å². The number of anilines is 1. The number of rotatable bonds is 6. The van der Waals surface area contributed by atoms with Gasteiger partial charge in [-0.3, -0.25) is 9.78 Å². The lowest BCUT2D eigenvalue weighted by Gasteiger charge is -2.34. The maximum absolute atomic E-state index is 12.9. The number of halogens is 1. The monoisotopic (exact) mass is 393 g/mol. The molecule has 0 aliphatic heterocycles. The molecule has 29 heavy (non-hydrogen) atoms. The van der Waals surface area contributed by atoms with Crippen molar-refractivity contribution in [2.24, 2.45) is 5.92 Å². The Balaban J connectivity index is 1.29. The molecule has 7 heteroatoms. The first-order valence-electron chi connectivity index (χ1n) is 9.34. The van der Waals surface area contributed by atoms with E-state index in [0.717, 1.165) is 5.56 Å². The molecule has 4 rings (SSSR count). The lowest BCUT2D eigenvalue weighted by atomic mass is 9.81. The molecule has 0 bridgehead atoms. The Morgan fingerprint density at radius 3 is 2.62 bits per heavy atom. The highest BCUT2D eigenvalue weighted by Gasteiger charge is 2.36. The summed E-state index contributed by atoms with van der Waals surface area (Å²) in [6.45, 7) is 1.90. The van der Waals surface area contributed by atoms with E-state index in [2.05, 4.69) is 15.3 Å². The van der Waals surface area contributed by atoms with Crippen molar-refractivity contribution in [1.29, 1.82) is 0 Å². The number of hydrogen-bond donors (Lipinski definition) is 1. The molecule has 3 aromatic rings. The van der Waals surface area contributed by atoms with Crippen LogP contribution in [0.1, 0.15) is 18.4 Å². The average molecular weight is 393 g/mol. The van der Waals surface area contributed by atoms with Gasteiger partial charge in [0.25, 0.3) is 0 Å². The molecule has 0 saturated heterocycles. The minimum atomic E-state index is -0.299. The highest BCUT2D eigenvalue weighted by atomic mass is 19.1. The summed E-state index contributed by atoms with van der Waals surface area (Å²) in [5.74, 6) is 1.24. The summed E-state index contributed by atoms with van der Waals surface area (Å²) in [5.41, 5.74) is 1.58.